The van der Waals surface area contributed by atoms with Crippen LogP contribution in [0.15, 0.2) is 45.9 Å². The minimum Gasteiger partial charge on any atom is -0.497 e. The molecule has 5 nitrogen and oxygen atoms in total. The molecular weight excluding hydrogens is 404 g/mol. The summed E-state index contributed by atoms with van der Waals surface area (Å²) in [6.07, 6.45) is 1.78. The zero-order valence-corrected chi connectivity index (χ0v) is 18.2. The maximum absolute atomic E-state index is 13.3. The summed E-state index contributed by atoms with van der Waals surface area (Å²) in [5.74, 6) is 0.274. The van der Waals surface area contributed by atoms with Crippen molar-refractivity contribution in [3.63, 3.8) is 0 Å². The van der Waals surface area contributed by atoms with Crippen molar-refractivity contribution in [2.24, 2.45) is 5.41 Å². The minimum absolute atomic E-state index is 0.0209. The van der Waals surface area contributed by atoms with Crippen molar-refractivity contribution in [2.75, 3.05) is 7.11 Å². The second-order valence-electron chi connectivity index (χ2n) is 7.38. The summed E-state index contributed by atoms with van der Waals surface area (Å²) in [4.78, 5) is 26.2. The monoisotopic (exact) mass is 424 g/mol. The van der Waals surface area contributed by atoms with Crippen molar-refractivity contribution < 1.29 is 9.53 Å². The molecule has 29 heavy (non-hydrogen) atoms. The number of methoxy groups -OCH3 is 1. The molecule has 148 valence electrons. The van der Waals surface area contributed by atoms with Crippen LogP contribution in [0.5, 0.6) is 5.75 Å². The predicted octanol–water partition coefficient (Wildman–Crippen LogP) is 3.09. The number of nitrogens with zero attached hydrogens (tertiary/aromatic N) is 2. The van der Waals surface area contributed by atoms with Crippen molar-refractivity contribution in [2.45, 2.75) is 20.8 Å². The number of ketones is 1. The van der Waals surface area contributed by atoms with Crippen LogP contribution < -0.4 is 19.5 Å². The Morgan fingerprint density at radius 2 is 2.03 bits per heavy atom. The average molecular weight is 425 g/mol. The number of benzene rings is 1. The fraction of sp³-hybridized carbons (Fsp3) is 0.227. The molecule has 0 saturated carbocycles. The van der Waals surface area contributed by atoms with Crippen molar-refractivity contribution >= 4 is 40.1 Å². The second kappa shape index (κ2) is 8.19. The van der Waals surface area contributed by atoms with Crippen LogP contribution in [0.3, 0.4) is 0 Å². The lowest BCUT2D eigenvalue weighted by Crippen LogP contribution is -2.33. The molecule has 0 amide bonds. The molecule has 0 spiro atoms. The Morgan fingerprint density at radius 1 is 1.28 bits per heavy atom. The molecule has 0 radical (unpaired) electrons. The molecule has 0 aliphatic rings. The summed E-state index contributed by atoms with van der Waals surface area (Å²) < 4.78 is 7.48. The lowest BCUT2D eigenvalue weighted by molar-refractivity contribution is -0.120. The van der Waals surface area contributed by atoms with Gasteiger partial charge in [0, 0.05) is 11.5 Å². The predicted molar refractivity (Wildman–Crippen MR) is 117 cm³/mol. The Labute approximate surface area is 176 Å². The molecule has 0 atom stereocenters. The second-order valence-corrected chi connectivity index (χ2v) is 9.19. The third-order valence-corrected chi connectivity index (χ3v) is 6.00. The Hall–Kier alpha value is -2.95. The zero-order chi connectivity index (χ0) is 21.2. The number of thiophene rings is 1. The number of hydrogen-bond acceptors (Lipinski definition) is 6. The summed E-state index contributed by atoms with van der Waals surface area (Å²) in [7, 11) is 1.54. The lowest BCUT2D eigenvalue weighted by Gasteiger charge is -2.15. The van der Waals surface area contributed by atoms with Crippen molar-refractivity contribution in [3.8, 4) is 17.5 Å². The number of aromatic nitrogens is 1. The van der Waals surface area contributed by atoms with E-state index in [1.165, 1.54) is 15.9 Å². The molecule has 0 fully saturated rings. The van der Waals surface area contributed by atoms with Crippen LogP contribution >= 0.6 is 22.7 Å². The molecule has 0 unspecified atom stereocenters. The van der Waals surface area contributed by atoms with E-state index in [0.717, 1.165) is 16.9 Å². The van der Waals surface area contributed by atoms with E-state index in [4.69, 9.17) is 4.74 Å². The molecule has 0 aliphatic heterocycles. The van der Waals surface area contributed by atoms with Crippen LogP contribution in [0, 0.1) is 16.7 Å². The number of nitriles is 1. The van der Waals surface area contributed by atoms with Crippen LogP contribution in [0.25, 0.3) is 17.3 Å². The van der Waals surface area contributed by atoms with Gasteiger partial charge in [0.25, 0.3) is 5.56 Å². The van der Waals surface area contributed by atoms with Gasteiger partial charge < -0.3 is 4.74 Å². The van der Waals surface area contributed by atoms with Gasteiger partial charge in [-0.05, 0) is 40.6 Å². The summed E-state index contributed by atoms with van der Waals surface area (Å²) in [5, 5.41) is 13.7. The van der Waals surface area contributed by atoms with E-state index in [9.17, 15) is 14.9 Å². The normalized spacial score (nSPS) is 13.1. The molecular formula is C22H20N2O3S2. The van der Waals surface area contributed by atoms with Gasteiger partial charge in [-0.15, -0.1) is 11.3 Å². The first-order valence-electron chi connectivity index (χ1n) is 8.85. The van der Waals surface area contributed by atoms with Gasteiger partial charge in [0.15, 0.2) is 5.78 Å². The topological polar surface area (TPSA) is 72.1 Å². The van der Waals surface area contributed by atoms with Gasteiger partial charge in [-0.25, -0.2) is 0 Å². The van der Waals surface area contributed by atoms with Gasteiger partial charge in [-0.1, -0.05) is 26.8 Å². The fourth-order valence-corrected chi connectivity index (χ4v) is 4.43. The number of hydrogen-bond donors (Lipinski definition) is 0. The van der Waals surface area contributed by atoms with E-state index in [0.29, 0.717) is 20.6 Å². The van der Waals surface area contributed by atoms with E-state index < -0.39 is 5.41 Å². The quantitative estimate of drug-likeness (QED) is 0.645. The van der Waals surface area contributed by atoms with E-state index in [1.807, 2.05) is 22.9 Å². The Bertz CT molecular complexity index is 1270. The van der Waals surface area contributed by atoms with E-state index in [2.05, 4.69) is 0 Å². The summed E-state index contributed by atoms with van der Waals surface area (Å²) in [6.45, 7) is 5.27. The first-order chi connectivity index (χ1) is 13.8. The average Bonchev–Trinajstić information content (AvgIpc) is 3.30. The van der Waals surface area contributed by atoms with Gasteiger partial charge in [0.1, 0.15) is 22.1 Å². The van der Waals surface area contributed by atoms with Crippen LogP contribution in [0.4, 0.5) is 0 Å². The van der Waals surface area contributed by atoms with Gasteiger partial charge in [-0.3, -0.25) is 14.2 Å². The van der Waals surface area contributed by atoms with Crippen LogP contribution in [0.2, 0.25) is 0 Å². The summed E-state index contributed by atoms with van der Waals surface area (Å²) >= 11 is 2.68. The number of rotatable bonds is 4. The van der Waals surface area contributed by atoms with Gasteiger partial charge in [-0.2, -0.15) is 16.6 Å². The first-order valence-corrected chi connectivity index (χ1v) is 10.6. The standard InChI is InChI=1S/C22H20N2O3S2/c1-22(2,3)19(25)17(12-23)21-24(15-6-5-7-16(11-15)27-4)20(26)18(29-21)10-14-8-9-28-13-14/h5-11,13H,1-4H3. The highest BCUT2D eigenvalue weighted by atomic mass is 32.1. The molecule has 3 aromatic rings. The van der Waals surface area contributed by atoms with Crippen LogP contribution in [0.1, 0.15) is 26.3 Å². The minimum atomic E-state index is -0.748. The van der Waals surface area contributed by atoms with Gasteiger partial charge in [0.05, 0.1) is 17.3 Å². The van der Waals surface area contributed by atoms with Crippen molar-refractivity contribution in [1.82, 2.24) is 4.57 Å². The van der Waals surface area contributed by atoms with Gasteiger partial charge in [0.2, 0.25) is 0 Å². The molecule has 0 bridgehead atoms. The molecule has 7 heteroatoms. The van der Waals surface area contributed by atoms with Crippen LogP contribution in [-0.2, 0) is 4.79 Å². The van der Waals surface area contributed by atoms with Crippen molar-refractivity contribution in [1.29, 1.82) is 5.26 Å². The molecule has 0 aliphatic carbocycles. The van der Waals surface area contributed by atoms with Crippen molar-refractivity contribution in [3.05, 3.63) is 66.2 Å². The summed E-state index contributed by atoms with van der Waals surface area (Å²) in [5.41, 5.74) is 0.395. The first kappa shape index (κ1) is 20.8. The third kappa shape index (κ3) is 4.24. The highest BCUT2D eigenvalue weighted by Crippen LogP contribution is 2.20. The number of carbonyl (C=O) groups excluding carboxylic acids is 1. The SMILES string of the molecule is COc1cccc(-n2c(=C(C#N)C(=O)C(C)(C)C)sc(=Cc3ccsc3)c2=O)c1. The number of thiazole rings is 1. The zero-order valence-electron chi connectivity index (χ0n) is 16.6. The fourth-order valence-electron chi connectivity index (χ4n) is 2.71. The van der Waals surface area contributed by atoms with E-state index >= 15 is 0 Å². The molecule has 2 heterocycles. The summed E-state index contributed by atoms with van der Waals surface area (Å²) in [6, 6.07) is 11.0. The molecule has 0 saturated heterocycles. The van der Waals surface area contributed by atoms with Gasteiger partial charge >= 0.3 is 0 Å². The third-order valence-electron chi connectivity index (χ3n) is 4.21. The van der Waals surface area contributed by atoms with E-state index in [-0.39, 0.29) is 16.9 Å². The number of ether oxygens (including phenoxy) is 1. The number of carbonyl (C=O) groups is 1. The lowest BCUT2D eigenvalue weighted by atomic mass is 9.87. The Kier molecular flexibility index (Phi) is 5.87. The Balaban J connectivity index is 2.44. The maximum Gasteiger partial charge on any atom is 0.273 e. The molecule has 3 rings (SSSR count). The largest absolute Gasteiger partial charge is 0.497 e. The smallest absolute Gasteiger partial charge is 0.273 e. The highest BCUT2D eigenvalue weighted by Gasteiger charge is 2.27. The Morgan fingerprint density at radius 3 is 2.62 bits per heavy atom. The van der Waals surface area contributed by atoms with E-state index in [1.54, 1.807) is 58.2 Å². The number of Topliss-reactive ketones (excluding diaryl/α,β-unsaturated/α-hetero) is 1. The van der Waals surface area contributed by atoms with Crippen LogP contribution in [-0.4, -0.2) is 17.5 Å². The maximum atomic E-state index is 13.3. The molecule has 1 aromatic carbocycles. The highest BCUT2D eigenvalue weighted by molar-refractivity contribution is 7.08. The molecule has 2 aromatic heterocycles. The molecule has 0 N–H and O–H groups in total.